The molecular weight excluding hydrogens is 236 g/mol. The van der Waals surface area contributed by atoms with E-state index in [1.54, 1.807) is 12.1 Å². The van der Waals surface area contributed by atoms with Crippen LogP contribution in [0.2, 0.25) is 0 Å². The minimum Gasteiger partial charge on any atom is -0.494 e. The molecular formula is C16H22N2O. The minimum atomic E-state index is 0.480. The van der Waals surface area contributed by atoms with Crippen LogP contribution in [-0.2, 0) is 0 Å². The van der Waals surface area contributed by atoms with Crippen molar-refractivity contribution in [2.75, 3.05) is 26.2 Å². The highest BCUT2D eigenvalue weighted by Crippen LogP contribution is 2.28. The van der Waals surface area contributed by atoms with Crippen LogP contribution in [0.4, 0.5) is 0 Å². The molecule has 0 N–H and O–H groups in total. The molecule has 1 aromatic carbocycles. The van der Waals surface area contributed by atoms with E-state index >= 15 is 0 Å². The molecule has 0 atom stereocenters. The lowest BCUT2D eigenvalue weighted by Crippen LogP contribution is -2.25. The number of likely N-dealkylation sites (tertiary alicyclic amines) is 1. The normalized spacial score (nSPS) is 18.2. The molecule has 1 fully saturated rings. The van der Waals surface area contributed by atoms with Crippen LogP contribution in [-0.4, -0.2) is 31.1 Å². The molecule has 102 valence electrons. The number of nitrogens with zero attached hydrogens (tertiary/aromatic N) is 2. The highest BCUT2D eigenvalue weighted by Gasteiger charge is 2.28. The quantitative estimate of drug-likeness (QED) is 0.762. The van der Waals surface area contributed by atoms with Gasteiger partial charge in [0.25, 0.3) is 0 Å². The summed E-state index contributed by atoms with van der Waals surface area (Å²) >= 11 is 0. The van der Waals surface area contributed by atoms with Crippen LogP contribution in [0.15, 0.2) is 24.3 Å². The molecule has 1 saturated heterocycles. The maximum absolute atomic E-state index is 8.71. The zero-order valence-electron chi connectivity index (χ0n) is 11.9. The van der Waals surface area contributed by atoms with Gasteiger partial charge in [0, 0.05) is 13.1 Å². The summed E-state index contributed by atoms with van der Waals surface area (Å²) in [6, 6.07) is 9.40. The number of hydrogen-bond donors (Lipinski definition) is 0. The first kappa shape index (κ1) is 13.9. The first-order valence-electron chi connectivity index (χ1n) is 6.94. The Morgan fingerprint density at radius 1 is 1.32 bits per heavy atom. The fourth-order valence-electron chi connectivity index (χ4n) is 2.52. The second kappa shape index (κ2) is 6.08. The van der Waals surface area contributed by atoms with Crippen LogP contribution >= 0.6 is 0 Å². The van der Waals surface area contributed by atoms with Gasteiger partial charge >= 0.3 is 0 Å². The van der Waals surface area contributed by atoms with Crippen molar-refractivity contribution >= 4 is 0 Å². The molecule has 3 nitrogen and oxygen atoms in total. The molecule has 2 rings (SSSR count). The van der Waals surface area contributed by atoms with E-state index in [4.69, 9.17) is 10.00 Å². The van der Waals surface area contributed by atoms with E-state index in [1.807, 2.05) is 12.1 Å². The zero-order chi connectivity index (χ0) is 13.7. The van der Waals surface area contributed by atoms with E-state index < -0.39 is 0 Å². The summed E-state index contributed by atoms with van der Waals surface area (Å²) in [5.41, 5.74) is 1.15. The Balaban J connectivity index is 1.65. The van der Waals surface area contributed by atoms with Gasteiger partial charge in [-0.1, -0.05) is 13.8 Å². The lowest BCUT2D eigenvalue weighted by atomic mass is 9.93. The molecule has 0 saturated carbocycles. The van der Waals surface area contributed by atoms with Crippen LogP contribution in [0.1, 0.15) is 32.3 Å². The molecule has 1 aromatic rings. The Labute approximate surface area is 115 Å². The lowest BCUT2D eigenvalue weighted by molar-refractivity contribution is 0.247. The summed E-state index contributed by atoms with van der Waals surface area (Å²) < 4.78 is 5.68. The van der Waals surface area contributed by atoms with E-state index in [0.717, 1.165) is 25.3 Å². The third kappa shape index (κ3) is 4.25. The first-order chi connectivity index (χ1) is 9.09. The second-order valence-corrected chi connectivity index (χ2v) is 6.03. The molecule has 0 unspecified atom stereocenters. The monoisotopic (exact) mass is 258 g/mol. The van der Waals surface area contributed by atoms with Gasteiger partial charge in [0.05, 0.1) is 18.2 Å². The number of ether oxygens (including phenoxy) is 1. The third-order valence-corrected chi connectivity index (χ3v) is 3.63. The van der Waals surface area contributed by atoms with Crippen molar-refractivity contribution in [2.45, 2.75) is 26.7 Å². The standard InChI is InChI=1S/C16H22N2O/c1-16(2)8-10-18(13-16)9-3-11-19-15-6-4-14(12-17)5-7-15/h4-7H,3,8-11,13H2,1-2H3. The Morgan fingerprint density at radius 2 is 2.05 bits per heavy atom. The van der Waals surface area contributed by atoms with Crippen molar-refractivity contribution in [1.82, 2.24) is 4.90 Å². The summed E-state index contributed by atoms with van der Waals surface area (Å²) in [5, 5.41) is 8.71. The van der Waals surface area contributed by atoms with Gasteiger partial charge in [0.2, 0.25) is 0 Å². The number of benzene rings is 1. The van der Waals surface area contributed by atoms with Crippen molar-refractivity contribution in [3.05, 3.63) is 29.8 Å². The Kier molecular flexibility index (Phi) is 4.44. The van der Waals surface area contributed by atoms with Gasteiger partial charge in [0.1, 0.15) is 5.75 Å². The van der Waals surface area contributed by atoms with Crippen LogP contribution < -0.4 is 4.74 Å². The van der Waals surface area contributed by atoms with Crippen molar-refractivity contribution in [3.8, 4) is 11.8 Å². The van der Waals surface area contributed by atoms with Gasteiger partial charge in [-0.05, 0) is 49.1 Å². The van der Waals surface area contributed by atoms with Crippen LogP contribution in [0.5, 0.6) is 5.75 Å². The van der Waals surface area contributed by atoms with Crippen molar-refractivity contribution in [3.63, 3.8) is 0 Å². The van der Waals surface area contributed by atoms with Crippen LogP contribution in [0.25, 0.3) is 0 Å². The predicted octanol–water partition coefficient (Wildman–Crippen LogP) is 3.06. The predicted molar refractivity (Wildman–Crippen MR) is 76.1 cm³/mol. The Hall–Kier alpha value is -1.53. The third-order valence-electron chi connectivity index (χ3n) is 3.63. The van der Waals surface area contributed by atoms with Gasteiger partial charge in [0.15, 0.2) is 0 Å². The fraction of sp³-hybridized carbons (Fsp3) is 0.562. The smallest absolute Gasteiger partial charge is 0.119 e. The molecule has 3 heteroatoms. The topological polar surface area (TPSA) is 36.3 Å². The highest BCUT2D eigenvalue weighted by atomic mass is 16.5. The average molecular weight is 258 g/mol. The van der Waals surface area contributed by atoms with Crippen molar-refractivity contribution in [1.29, 1.82) is 5.26 Å². The SMILES string of the molecule is CC1(C)CCN(CCCOc2ccc(C#N)cc2)C1. The summed E-state index contributed by atoms with van der Waals surface area (Å²) in [6.07, 6.45) is 2.35. The fourth-order valence-corrected chi connectivity index (χ4v) is 2.52. The van der Waals surface area contributed by atoms with E-state index in [2.05, 4.69) is 24.8 Å². The van der Waals surface area contributed by atoms with Gasteiger partial charge < -0.3 is 9.64 Å². The summed E-state index contributed by atoms with van der Waals surface area (Å²) in [4.78, 5) is 2.52. The van der Waals surface area contributed by atoms with Crippen LogP contribution in [0, 0.1) is 16.7 Å². The molecule has 0 bridgehead atoms. The molecule has 0 spiro atoms. The van der Waals surface area contributed by atoms with E-state index in [0.29, 0.717) is 11.0 Å². The Bertz CT molecular complexity index is 445. The summed E-state index contributed by atoms with van der Waals surface area (Å²) in [5.74, 6) is 0.848. The average Bonchev–Trinajstić information content (AvgIpc) is 2.75. The van der Waals surface area contributed by atoms with Gasteiger partial charge in [-0.3, -0.25) is 0 Å². The maximum Gasteiger partial charge on any atom is 0.119 e. The second-order valence-electron chi connectivity index (χ2n) is 6.03. The van der Waals surface area contributed by atoms with Crippen molar-refractivity contribution in [2.24, 2.45) is 5.41 Å². The Morgan fingerprint density at radius 3 is 2.63 bits per heavy atom. The lowest BCUT2D eigenvalue weighted by Gasteiger charge is -2.19. The molecule has 0 aromatic heterocycles. The molecule has 0 amide bonds. The molecule has 0 radical (unpaired) electrons. The van der Waals surface area contributed by atoms with Crippen molar-refractivity contribution < 1.29 is 4.74 Å². The molecule has 1 aliphatic heterocycles. The van der Waals surface area contributed by atoms with Gasteiger partial charge in [-0.15, -0.1) is 0 Å². The van der Waals surface area contributed by atoms with Gasteiger partial charge in [-0.2, -0.15) is 5.26 Å². The van der Waals surface area contributed by atoms with E-state index in [9.17, 15) is 0 Å². The number of rotatable bonds is 5. The number of hydrogen-bond acceptors (Lipinski definition) is 3. The van der Waals surface area contributed by atoms with Crippen LogP contribution in [0.3, 0.4) is 0 Å². The zero-order valence-corrected chi connectivity index (χ0v) is 11.9. The number of nitriles is 1. The maximum atomic E-state index is 8.71. The molecule has 1 aliphatic rings. The van der Waals surface area contributed by atoms with E-state index in [-0.39, 0.29) is 0 Å². The first-order valence-corrected chi connectivity index (χ1v) is 6.94. The largest absolute Gasteiger partial charge is 0.494 e. The van der Waals surface area contributed by atoms with E-state index in [1.165, 1.54) is 19.5 Å². The summed E-state index contributed by atoms with van der Waals surface area (Å²) in [7, 11) is 0. The molecule has 19 heavy (non-hydrogen) atoms. The van der Waals surface area contributed by atoms with Gasteiger partial charge in [-0.25, -0.2) is 0 Å². The highest BCUT2D eigenvalue weighted by molar-refractivity contribution is 5.34. The molecule has 0 aliphatic carbocycles. The molecule has 1 heterocycles. The summed E-state index contributed by atoms with van der Waals surface area (Å²) in [6.45, 7) is 8.93. The minimum absolute atomic E-state index is 0.480.